The Kier molecular flexibility index (Phi) is 4.93. The van der Waals surface area contributed by atoms with Crippen LogP contribution in [-0.4, -0.2) is 16.4 Å². The molecule has 0 saturated carbocycles. The number of pyridine rings is 1. The summed E-state index contributed by atoms with van der Waals surface area (Å²) in [5.74, 6) is 0. The number of nitrogens with zero attached hydrogens (tertiary/aromatic N) is 2. The van der Waals surface area contributed by atoms with Crippen molar-refractivity contribution in [2.45, 2.75) is 20.0 Å². The summed E-state index contributed by atoms with van der Waals surface area (Å²) < 4.78 is 1.02. The third-order valence-electron chi connectivity index (χ3n) is 2.97. The number of aromatic nitrogens is 1. The Bertz CT molecular complexity index is 495. The zero-order chi connectivity index (χ0) is 13.7. The minimum atomic E-state index is 0.817. The molecule has 2 rings (SSSR count). The Balaban J connectivity index is 2.04. The summed E-state index contributed by atoms with van der Waals surface area (Å²) in [5.41, 5.74) is 9.08. The molecule has 0 saturated heterocycles. The van der Waals surface area contributed by atoms with Gasteiger partial charge in [-0.2, -0.15) is 0 Å². The molecule has 0 spiro atoms. The maximum absolute atomic E-state index is 5.81. The van der Waals surface area contributed by atoms with Gasteiger partial charge in [0, 0.05) is 35.6 Å². The van der Waals surface area contributed by atoms with E-state index in [0.29, 0.717) is 0 Å². The minimum Gasteiger partial charge on any atom is -0.399 e. The third kappa shape index (κ3) is 4.33. The van der Waals surface area contributed by atoms with E-state index >= 15 is 0 Å². The molecule has 19 heavy (non-hydrogen) atoms. The maximum Gasteiger partial charge on any atom is 0.0410 e. The largest absolute Gasteiger partial charge is 0.399 e. The molecule has 2 aromatic rings. The Morgan fingerprint density at radius 3 is 2.63 bits per heavy atom. The van der Waals surface area contributed by atoms with Gasteiger partial charge in [0.2, 0.25) is 0 Å². The SMILES string of the molecule is CCN(Cc1cccc(N)c1)Cc1cncc(Br)c1. The molecule has 1 heterocycles. The number of anilines is 1. The lowest BCUT2D eigenvalue weighted by molar-refractivity contribution is 0.271. The summed E-state index contributed by atoms with van der Waals surface area (Å²) in [6, 6.07) is 10.2. The first-order chi connectivity index (χ1) is 9.17. The predicted molar refractivity (Wildman–Crippen MR) is 82.6 cm³/mol. The van der Waals surface area contributed by atoms with E-state index in [1.807, 2.05) is 24.4 Å². The van der Waals surface area contributed by atoms with E-state index in [-0.39, 0.29) is 0 Å². The highest BCUT2D eigenvalue weighted by Crippen LogP contribution is 2.14. The lowest BCUT2D eigenvalue weighted by atomic mass is 10.1. The number of hydrogen-bond acceptors (Lipinski definition) is 3. The van der Waals surface area contributed by atoms with Crippen LogP contribution in [0.2, 0.25) is 0 Å². The molecule has 0 aliphatic carbocycles. The molecule has 2 N–H and O–H groups in total. The fraction of sp³-hybridized carbons (Fsp3) is 0.267. The number of nitrogen functional groups attached to an aromatic ring is 1. The first kappa shape index (κ1) is 14.0. The first-order valence-electron chi connectivity index (χ1n) is 6.33. The lowest BCUT2D eigenvalue weighted by Gasteiger charge is -2.20. The van der Waals surface area contributed by atoms with E-state index in [0.717, 1.165) is 29.8 Å². The summed E-state index contributed by atoms with van der Waals surface area (Å²) >= 11 is 3.45. The molecule has 1 aromatic carbocycles. The molecule has 0 unspecified atom stereocenters. The summed E-state index contributed by atoms with van der Waals surface area (Å²) in [5, 5.41) is 0. The maximum atomic E-state index is 5.81. The molecule has 100 valence electrons. The topological polar surface area (TPSA) is 42.1 Å². The van der Waals surface area contributed by atoms with Crippen molar-refractivity contribution in [1.82, 2.24) is 9.88 Å². The minimum absolute atomic E-state index is 0.817. The van der Waals surface area contributed by atoms with Gasteiger partial charge in [-0.05, 0) is 51.8 Å². The van der Waals surface area contributed by atoms with Crippen LogP contribution >= 0.6 is 15.9 Å². The zero-order valence-corrected chi connectivity index (χ0v) is 12.6. The normalized spacial score (nSPS) is 10.9. The van der Waals surface area contributed by atoms with Crippen molar-refractivity contribution in [2.24, 2.45) is 0 Å². The number of hydrogen-bond donors (Lipinski definition) is 1. The van der Waals surface area contributed by atoms with Crippen LogP contribution in [-0.2, 0) is 13.1 Å². The van der Waals surface area contributed by atoms with Gasteiger partial charge in [0.1, 0.15) is 0 Å². The molecule has 0 bridgehead atoms. The summed E-state index contributed by atoms with van der Waals surface area (Å²) in [7, 11) is 0. The monoisotopic (exact) mass is 319 g/mol. The van der Waals surface area contributed by atoms with E-state index in [9.17, 15) is 0 Å². The van der Waals surface area contributed by atoms with E-state index < -0.39 is 0 Å². The lowest BCUT2D eigenvalue weighted by Crippen LogP contribution is -2.22. The van der Waals surface area contributed by atoms with Gasteiger partial charge in [0.25, 0.3) is 0 Å². The molecule has 3 nitrogen and oxygen atoms in total. The molecular weight excluding hydrogens is 302 g/mol. The van der Waals surface area contributed by atoms with Crippen molar-refractivity contribution in [3.05, 3.63) is 58.3 Å². The van der Waals surface area contributed by atoms with Crippen LogP contribution in [0.3, 0.4) is 0 Å². The average Bonchev–Trinajstić information content (AvgIpc) is 2.38. The number of rotatable bonds is 5. The van der Waals surface area contributed by atoms with Crippen LogP contribution in [0.5, 0.6) is 0 Å². The van der Waals surface area contributed by atoms with E-state index in [4.69, 9.17) is 5.73 Å². The molecule has 0 atom stereocenters. The fourth-order valence-corrected chi connectivity index (χ4v) is 2.44. The quantitative estimate of drug-likeness (QED) is 0.858. The zero-order valence-electron chi connectivity index (χ0n) is 11.0. The van der Waals surface area contributed by atoms with Gasteiger partial charge in [0.15, 0.2) is 0 Å². The van der Waals surface area contributed by atoms with Gasteiger partial charge >= 0.3 is 0 Å². The molecule has 0 radical (unpaired) electrons. The molecular formula is C15H18BrN3. The van der Waals surface area contributed by atoms with Gasteiger partial charge < -0.3 is 5.73 Å². The molecule has 1 aromatic heterocycles. The van der Waals surface area contributed by atoms with Crippen molar-refractivity contribution < 1.29 is 0 Å². The van der Waals surface area contributed by atoms with E-state index in [1.165, 1.54) is 11.1 Å². The second kappa shape index (κ2) is 6.68. The van der Waals surface area contributed by atoms with Crippen LogP contribution in [0, 0.1) is 0 Å². The van der Waals surface area contributed by atoms with Crippen molar-refractivity contribution in [2.75, 3.05) is 12.3 Å². The third-order valence-corrected chi connectivity index (χ3v) is 3.41. The highest BCUT2D eigenvalue weighted by atomic mass is 79.9. The van der Waals surface area contributed by atoms with Gasteiger partial charge in [-0.1, -0.05) is 19.1 Å². The average molecular weight is 320 g/mol. The Morgan fingerprint density at radius 2 is 1.95 bits per heavy atom. The molecule has 0 fully saturated rings. The summed E-state index contributed by atoms with van der Waals surface area (Å²) in [4.78, 5) is 6.56. The number of halogens is 1. The van der Waals surface area contributed by atoms with Crippen LogP contribution in [0.25, 0.3) is 0 Å². The fourth-order valence-electron chi connectivity index (χ4n) is 2.03. The molecule has 0 amide bonds. The highest BCUT2D eigenvalue weighted by Gasteiger charge is 2.06. The highest BCUT2D eigenvalue weighted by molar-refractivity contribution is 9.10. The van der Waals surface area contributed by atoms with E-state index in [2.05, 4.69) is 44.9 Å². The Labute approximate surface area is 122 Å². The molecule has 4 heteroatoms. The number of benzene rings is 1. The van der Waals surface area contributed by atoms with Crippen molar-refractivity contribution >= 4 is 21.6 Å². The predicted octanol–water partition coefficient (Wildman–Crippen LogP) is 3.45. The molecule has 0 aliphatic heterocycles. The van der Waals surface area contributed by atoms with Crippen LogP contribution in [0.15, 0.2) is 47.2 Å². The van der Waals surface area contributed by atoms with Gasteiger partial charge in [0.05, 0.1) is 0 Å². The van der Waals surface area contributed by atoms with Crippen LogP contribution in [0.1, 0.15) is 18.1 Å². The van der Waals surface area contributed by atoms with Gasteiger partial charge in [-0.15, -0.1) is 0 Å². The van der Waals surface area contributed by atoms with Crippen LogP contribution in [0.4, 0.5) is 5.69 Å². The summed E-state index contributed by atoms with van der Waals surface area (Å²) in [6.45, 7) is 4.94. The standard InChI is InChI=1S/C15H18BrN3/c1-2-19(10-12-4-3-5-15(17)7-12)11-13-6-14(16)9-18-8-13/h3-9H,2,10-11,17H2,1H3. The Hall–Kier alpha value is -1.39. The van der Waals surface area contributed by atoms with Crippen molar-refractivity contribution in [3.63, 3.8) is 0 Å². The van der Waals surface area contributed by atoms with Gasteiger partial charge in [-0.25, -0.2) is 0 Å². The van der Waals surface area contributed by atoms with Crippen molar-refractivity contribution in [1.29, 1.82) is 0 Å². The smallest absolute Gasteiger partial charge is 0.0410 e. The van der Waals surface area contributed by atoms with Crippen LogP contribution < -0.4 is 5.73 Å². The summed E-state index contributed by atoms with van der Waals surface area (Å²) in [6.07, 6.45) is 3.71. The first-order valence-corrected chi connectivity index (χ1v) is 7.13. The van der Waals surface area contributed by atoms with Gasteiger partial charge in [-0.3, -0.25) is 9.88 Å². The number of nitrogens with two attached hydrogens (primary N) is 1. The van der Waals surface area contributed by atoms with Crippen molar-refractivity contribution in [3.8, 4) is 0 Å². The molecule has 0 aliphatic rings. The van der Waals surface area contributed by atoms with E-state index in [1.54, 1.807) is 6.20 Å². The Morgan fingerprint density at radius 1 is 1.16 bits per heavy atom. The second-order valence-electron chi connectivity index (χ2n) is 4.56. The second-order valence-corrected chi connectivity index (χ2v) is 5.48.